The third-order valence-electron chi connectivity index (χ3n) is 1.82. The molecule has 0 unspecified atom stereocenters. The van der Waals surface area contributed by atoms with Crippen LogP contribution in [-0.4, -0.2) is 27.9 Å². The van der Waals surface area contributed by atoms with E-state index in [-0.39, 0.29) is 5.48 Å². The minimum Gasteiger partial charge on any atom is -0.412 e. The predicted molar refractivity (Wildman–Crippen MR) is 75.7 cm³/mol. The molecule has 0 saturated heterocycles. The monoisotopic (exact) mass is 260 g/mol. The zero-order chi connectivity index (χ0) is 13.1. The average Bonchev–Trinajstić information content (AvgIpc) is 2.43. The molecule has 2 aromatic rings. The van der Waals surface area contributed by atoms with Gasteiger partial charge in [-0.15, -0.1) is 0 Å². The Balaban J connectivity index is 0.000000324. The topological polar surface area (TPSA) is 134 Å². The first-order valence-corrected chi connectivity index (χ1v) is 5.13. The summed E-state index contributed by atoms with van der Waals surface area (Å²) in [6.07, 6.45) is 9.88. The van der Waals surface area contributed by atoms with E-state index in [9.17, 15) is 0 Å². The maximum atomic E-state index is 4.90. The molecule has 0 radical (unpaired) electrons. The molecule has 0 atom stereocenters. The highest BCUT2D eigenvalue weighted by atomic mass is 16.0. The molecule has 7 nitrogen and oxygen atoms in total. The number of rotatable bonds is 2. The van der Waals surface area contributed by atoms with Crippen molar-refractivity contribution in [3.8, 4) is 0 Å². The lowest BCUT2D eigenvalue weighted by Gasteiger charge is -1.85. The molecule has 0 spiro atoms. The SMILES string of the molecule is NN=Cc1cccnc1.NN=Cc1cccnc1.O. The van der Waals surface area contributed by atoms with Crippen molar-refractivity contribution in [1.29, 1.82) is 0 Å². The van der Waals surface area contributed by atoms with Crippen molar-refractivity contribution in [2.24, 2.45) is 21.9 Å². The first kappa shape index (κ1) is 16.2. The van der Waals surface area contributed by atoms with Crippen LogP contribution < -0.4 is 11.7 Å². The Labute approximate surface area is 111 Å². The molecule has 19 heavy (non-hydrogen) atoms. The molecule has 7 heteroatoms. The summed E-state index contributed by atoms with van der Waals surface area (Å²) >= 11 is 0. The van der Waals surface area contributed by atoms with Crippen LogP contribution in [0.25, 0.3) is 0 Å². The van der Waals surface area contributed by atoms with Crippen molar-refractivity contribution >= 4 is 12.4 Å². The molecule has 100 valence electrons. The van der Waals surface area contributed by atoms with Gasteiger partial charge in [0, 0.05) is 35.9 Å². The minimum absolute atomic E-state index is 0. The molecule has 2 heterocycles. The second-order valence-electron chi connectivity index (χ2n) is 3.13. The van der Waals surface area contributed by atoms with E-state index in [4.69, 9.17) is 11.7 Å². The summed E-state index contributed by atoms with van der Waals surface area (Å²) < 4.78 is 0. The lowest BCUT2D eigenvalue weighted by Crippen LogP contribution is -1.85. The van der Waals surface area contributed by atoms with Crippen molar-refractivity contribution in [3.05, 3.63) is 60.2 Å². The molecule has 2 rings (SSSR count). The van der Waals surface area contributed by atoms with Gasteiger partial charge in [-0.3, -0.25) is 9.97 Å². The smallest absolute Gasteiger partial charge is 0.0553 e. The maximum absolute atomic E-state index is 4.90. The summed E-state index contributed by atoms with van der Waals surface area (Å²) in [6.45, 7) is 0. The van der Waals surface area contributed by atoms with Crippen LogP contribution in [0.3, 0.4) is 0 Å². The Morgan fingerprint density at radius 3 is 1.53 bits per heavy atom. The van der Waals surface area contributed by atoms with Gasteiger partial charge >= 0.3 is 0 Å². The lowest BCUT2D eigenvalue weighted by atomic mass is 10.3. The van der Waals surface area contributed by atoms with Gasteiger partial charge in [-0.25, -0.2) is 0 Å². The minimum atomic E-state index is 0. The second-order valence-corrected chi connectivity index (χ2v) is 3.13. The molecule has 0 bridgehead atoms. The Morgan fingerprint density at radius 1 is 0.842 bits per heavy atom. The Bertz CT molecular complexity index is 439. The summed E-state index contributed by atoms with van der Waals surface area (Å²) in [5.74, 6) is 9.80. The third-order valence-corrected chi connectivity index (χ3v) is 1.82. The van der Waals surface area contributed by atoms with Crippen molar-refractivity contribution in [2.45, 2.75) is 0 Å². The fourth-order valence-electron chi connectivity index (χ4n) is 1.08. The predicted octanol–water partition coefficient (Wildman–Crippen LogP) is -0.0763. The van der Waals surface area contributed by atoms with E-state index < -0.39 is 0 Å². The van der Waals surface area contributed by atoms with E-state index in [0.29, 0.717) is 0 Å². The quantitative estimate of drug-likeness (QED) is 0.443. The number of hydrogen-bond acceptors (Lipinski definition) is 6. The van der Waals surface area contributed by atoms with Crippen molar-refractivity contribution in [3.63, 3.8) is 0 Å². The summed E-state index contributed by atoms with van der Waals surface area (Å²) in [5.41, 5.74) is 1.83. The van der Waals surface area contributed by atoms with Gasteiger partial charge in [0.2, 0.25) is 0 Å². The fraction of sp³-hybridized carbons (Fsp3) is 0. The van der Waals surface area contributed by atoms with Gasteiger partial charge in [-0.05, 0) is 12.1 Å². The molecule has 0 amide bonds. The molecule has 0 aliphatic carbocycles. The normalized spacial score (nSPS) is 9.68. The molecular weight excluding hydrogens is 244 g/mol. The van der Waals surface area contributed by atoms with E-state index >= 15 is 0 Å². The maximum Gasteiger partial charge on any atom is 0.0553 e. The highest BCUT2D eigenvalue weighted by Gasteiger charge is 1.81. The summed E-state index contributed by atoms with van der Waals surface area (Å²) in [4.78, 5) is 7.71. The summed E-state index contributed by atoms with van der Waals surface area (Å²) in [5, 5.41) is 6.68. The van der Waals surface area contributed by atoms with Gasteiger partial charge in [0.1, 0.15) is 0 Å². The molecule has 6 N–H and O–H groups in total. The van der Waals surface area contributed by atoms with Crippen LogP contribution in [0.5, 0.6) is 0 Å². The Morgan fingerprint density at radius 2 is 1.26 bits per heavy atom. The van der Waals surface area contributed by atoms with Crippen LogP contribution in [0.4, 0.5) is 0 Å². The van der Waals surface area contributed by atoms with Crippen LogP contribution in [0, 0.1) is 0 Å². The van der Waals surface area contributed by atoms with Crippen LogP contribution in [0.1, 0.15) is 11.1 Å². The second kappa shape index (κ2) is 10.4. The van der Waals surface area contributed by atoms with Crippen molar-refractivity contribution in [2.75, 3.05) is 0 Å². The standard InChI is InChI=1S/2C6H7N3.H2O/c2*7-9-5-6-2-1-3-8-4-6;/h2*1-5H,7H2;1H2. The largest absolute Gasteiger partial charge is 0.412 e. The number of nitrogens with zero attached hydrogens (tertiary/aromatic N) is 4. The van der Waals surface area contributed by atoms with Gasteiger partial charge in [-0.1, -0.05) is 12.1 Å². The van der Waals surface area contributed by atoms with E-state index in [1.54, 1.807) is 37.2 Å². The van der Waals surface area contributed by atoms with Crippen LogP contribution in [0.15, 0.2) is 59.3 Å². The van der Waals surface area contributed by atoms with Crippen LogP contribution in [0.2, 0.25) is 0 Å². The third kappa shape index (κ3) is 7.18. The van der Waals surface area contributed by atoms with E-state index in [2.05, 4.69) is 20.2 Å². The number of aromatic nitrogens is 2. The van der Waals surface area contributed by atoms with Gasteiger partial charge in [0.05, 0.1) is 12.4 Å². The zero-order valence-corrected chi connectivity index (χ0v) is 10.2. The van der Waals surface area contributed by atoms with E-state index in [1.807, 2.05) is 24.3 Å². The van der Waals surface area contributed by atoms with Gasteiger partial charge in [0.25, 0.3) is 0 Å². The van der Waals surface area contributed by atoms with E-state index in [1.165, 1.54) is 0 Å². The fourth-order valence-corrected chi connectivity index (χ4v) is 1.08. The Kier molecular flexibility index (Phi) is 8.83. The molecule has 0 aliphatic heterocycles. The Hall–Kier alpha value is -2.80. The average molecular weight is 260 g/mol. The number of hydrogen-bond donors (Lipinski definition) is 2. The first-order valence-electron chi connectivity index (χ1n) is 5.13. The van der Waals surface area contributed by atoms with Crippen LogP contribution in [-0.2, 0) is 0 Å². The molecular formula is C12H16N6O. The zero-order valence-electron chi connectivity index (χ0n) is 10.2. The lowest BCUT2D eigenvalue weighted by molar-refractivity contribution is 0.824. The van der Waals surface area contributed by atoms with Crippen molar-refractivity contribution in [1.82, 2.24) is 9.97 Å². The highest BCUT2D eigenvalue weighted by Crippen LogP contribution is 1.89. The molecule has 2 aromatic heterocycles. The number of hydrazone groups is 2. The van der Waals surface area contributed by atoms with Crippen LogP contribution >= 0.6 is 0 Å². The number of nitrogens with two attached hydrogens (primary N) is 2. The van der Waals surface area contributed by atoms with Gasteiger partial charge < -0.3 is 17.2 Å². The summed E-state index contributed by atoms with van der Waals surface area (Å²) in [6, 6.07) is 7.42. The first-order chi connectivity index (χ1) is 8.86. The van der Waals surface area contributed by atoms with E-state index in [0.717, 1.165) is 11.1 Å². The molecule has 0 saturated carbocycles. The van der Waals surface area contributed by atoms with Crippen molar-refractivity contribution < 1.29 is 5.48 Å². The summed E-state index contributed by atoms with van der Waals surface area (Å²) in [7, 11) is 0. The van der Waals surface area contributed by atoms with Gasteiger partial charge in [0.15, 0.2) is 0 Å². The number of pyridine rings is 2. The molecule has 0 aliphatic rings. The van der Waals surface area contributed by atoms with Gasteiger partial charge in [-0.2, -0.15) is 10.2 Å². The molecule has 0 fully saturated rings. The highest BCUT2D eigenvalue weighted by molar-refractivity contribution is 5.78. The molecule has 0 aromatic carbocycles.